The second-order valence-corrected chi connectivity index (χ2v) is 6.08. The van der Waals surface area contributed by atoms with Crippen molar-refractivity contribution in [2.45, 2.75) is 13.0 Å². The van der Waals surface area contributed by atoms with E-state index in [1.807, 2.05) is 18.3 Å². The highest BCUT2D eigenvalue weighted by atomic mass is 79.9. The number of hydrogen-bond acceptors (Lipinski definition) is 3. The lowest BCUT2D eigenvalue weighted by molar-refractivity contribution is 0.615. The summed E-state index contributed by atoms with van der Waals surface area (Å²) in [5.74, 6) is 0. The highest BCUT2D eigenvalue weighted by molar-refractivity contribution is 9.10. The molecule has 2 heterocycles. The predicted octanol–water partition coefficient (Wildman–Crippen LogP) is 4.37. The van der Waals surface area contributed by atoms with E-state index in [9.17, 15) is 0 Å². The Balaban J connectivity index is 2.35. The van der Waals surface area contributed by atoms with Gasteiger partial charge in [0.15, 0.2) is 0 Å². The van der Waals surface area contributed by atoms with E-state index in [0.29, 0.717) is 0 Å². The van der Waals surface area contributed by atoms with Crippen LogP contribution in [-0.2, 0) is 0 Å². The van der Waals surface area contributed by atoms with Crippen molar-refractivity contribution in [1.82, 2.24) is 10.3 Å². The molecule has 0 radical (unpaired) electrons. The Labute approximate surface area is 122 Å². The van der Waals surface area contributed by atoms with Crippen LogP contribution in [0.2, 0.25) is 0 Å². The number of pyridine rings is 1. The number of thiophene rings is 1. The molecular formula is C12H12Br2N2S. The largest absolute Gasteiger partial charge is 0.305 e. The first-order valence-electron chi connectivity index (χ1n) is 5.28. The maximum Gasteiger partial charge on any atom is 0.0770 e. The van der Waals surface area contributed by atoms with Gasteiger partial charge >= 0.3 is 0 Å². The average molecular weight is 376 g/mol. The smallest absolute Gasteiger partial charge is 0.0770 e. The maximum absolute atomic E-state index is 4.47. The number of halogens is 2. The molecule has 0 saturated carbocycles. The molecule has 2 aromatic rings. The molecule has 2 nitrogen and oxygen atoms in total. The van der Waals surface area contributed by atoms with Crippen LogP contribution < -0.4 is 5.32 Å². The zero-order valence-electron chi connectivity index (χ0n) is 9.28. The SMILES string of the molecule is CCNC(c1ccc(Br)cn1)c1cscc1Br. The molecule has 0 bridgehead atoms. The van der Waals surface area contributed by atoms with Gasteiger partial charge in [0.05, 0.1) is 11.7 Å². The van der Waals surface area contributed by atoms with Crippen molar-refractivity contribution in [3.63, 3.8) is 0 Å². The van der Waals surface area contributed by atoms with E-state index in [0.717, 1.165) is 21.2 Å². The van der Waals surface area contributed by atoms with Gasteiger partial charge in [0.2, 0.25) is 0 Å². The van der Waals surface area contributed by atoms with Crippen molar-refractivity contribution < 1.29 is 0 Å². The second-order valence-electron chi connectivity index (χ2n) is 3.57. The van der Waals surface area contributed by atoms with Crippen LogP contribution in [0.4, 0.5) is 0 Å². The van der Waals surface area contributed by atoms with Gasteiger partial charge in [-0.3, -0.25) is 4.98 Å². The van der Waals surface area contributed by atoms with Crippen LogP contribution in [-0.4, -0.2) is 11.5 Å². The van der Waals surface area contributed by atoms with E-state index < -0.39 is 0 Å². The lowest BCUT2D eigenvalue weighted by atomic mass is 10.1. The summed E-state index contributed by atoms with van der Waals surface area (Å²) < 4.78 is 2.14. The summed E-state index contributed by atoms with van der Waals surface area (Å²) in [6, 6.07) is 4.21. The van der Waals surface area contributed by atoms with Crippen molar-refractivity contribution in [3.05, 3.63) is 49.3 Å². The number of rotatable bonds is 4. The highest BCUT2D eigenvalue weighted by Gasteiger charge is 2.17. The third-order valence-electron chi connectivity index (χ3n) is 2.41. The molecule has 0 saturated heterocycles. The van der Waals surface area contributed by atoms with Crippen LogP contribution in [0, 0.1) is 0 Å². The summed E-state index contributed by atoms with van der Waals surface area (Å²) in [4.78, 5) is 4.47. The van der Waals surface area contributed by atoms with Crippen molar-refractivity contribution in [1.29, 1.82) is 0 Å². The number of nitrogens with zero attached hydrogens (tertiary/aromatic N) is 1. The molecule has 1 N–H and O–H groups in total. The molecule has 0 fully saturated rings. The van der Waals surface area contributed by atoms with Gasteiger partial charge < -0.3 is 5.32 Å². The Kier molecular flexibility index (Phi) is 4.73. The predicted molar refractivity (Wildman–Crippen MR) is 79.5 cm³/mol. The van der Waals surface area contributed by atoms with Crippen LogP contribution in [0.25, 0.3) is 0 Å². The normalized spacial score (nSPS) is 12.6. The maximum atomic E-state index is 4.47. The Hall–Kier alpha value is -0.230. The lowest BCUT2D eigenvalue weighted by Crippen LogP contribution is -2.22. The Morgan fingerprint density at radius 1 is 1.35 bits per heavy atom. The third-order valence-corrected chi connectivity index (χ3v) is 4.63. The molecule has 5 heteroatoms. The summed E-state index contributed by atoms with van der Waals surface area (Å²) in [7, 11) is 0. The van der Waals surface area contributed by atoms with Crippen LogP contribution in [0.1, 0.15) is 24.2 Å². The zero-order chi connectivity index (χ0) is 12.3. The van der Waals surface area contributed by atoms with Crippen LogP contribution in [0.15, 0.2) is 38.0 Å². The van der Waals surface area contributed by atoms with Crippen molar-refractivity contribution in [3.8, 4) is 0 Å². The van der Waals surface area contributed by atoms with Crippen LogP contribution >= 0.6 is 43.2 Å². The zero-order valence-corrected chi connectivity index (χ0v) is 13.3. The highest BCUT2D eigenvalue weighted by Crippen LogP contribution is 2.31. The van der Waals surface area contributed by atoms with Crippen LogP contribution in [0.3, 0.4) is 0 Å². The first kappa shape index (κ1) is 13.2. The first-order chi connectivity index (χ1) is 8.22. The number of nitrogens with one attached hydrogen (secondary N) is 1. The number of hydrogen-bond donors (Lipinski definition) is 1. The van der Waals surface area contributed by atoms with Crippen LogP contribution in [0.5, 0.6) is 0 Å². The van der Waals surface area contributed by atoms with Gasteiger partial charge in [-0.2, -0.15) is 11.3 Å². The quantitative estimate of drug-likeness (QED) is 0.858. The molecule has 17 heavy (non-hydrogen) atoms. The topological polar surface area (TPSA) is 24.9 Å². The fourth-order valence-corrected chi connectivity index (χ4v) is 3.42. The molecule has 0 aliphatic heterocycles. The molecule has 0 aliphatic carbocycles. The van der Waals surface area contributed by atoms with Crippen molar-refractivity contribution in [2.75, 3.05) is 6.54 Å². The molecule has 0 aliphatic rings. The van der Waals surface area contributed by atoms with Crippen molar-refractivity contribution >= 4 is 43.2 Å². The summed E-state index contributed by atoms with van der Waals surface area (Å²) in [6.45, 7) is 3.01. The van der Waals surface area contributed by atoms with Gasteiger partial charge in [-0.05, 0) is 61.5 Å². The number of aromatic nitrogens is 1. The van der Waals surface area contributed by atoms with Gasteiger partial charge in [-0.15, -0.1) is 0 Å². The van der Waals surface area contributed by atoms with Gasteiger partial charge in [-0.25, -0.2) is 0 Å². The molecule has 2 aromatic heterocycles. The fraction of sp³-hybridized carbons (Fsp3) is 0.250. The monoisotopic (exact) mass is 374 g/mol. The second kappa shape index (κ2) is 6.09. The standard InChI is InChI=1S/C12H12Br2N2S/c1-2-15-12(9-6-17-7-10(9)14)11-4-3-8(13)5-16-11/h3-7,12,15H,2H2,1H3. The molecule has 2 rings (SSSR count). The minimum atomic E-state index is 0.147. The lowest BCUT2D eigenvalue weighted by Gasteiger charge is -2.17. The fourth-order valence-electron chi connectivity index (χ4n) is 1.63. The van der Waals surface area contributed by atoms with E-state index in [-0.39, 0.29) is 6.04 Å². The summed E-state index contributed by atoms with van der Waals surface area (Å²) in [5, 5.41) is 7.71. The Morgan fingerprint density at radius 3 is 2.71 bits per heavy atom. The van der Waals surface area contributed by atoms with Gasteiger partial charge in [0.1, 0.15) is 0 Å². The molecular weight excluding hydrogens is 364 g/mol. The van der Waals surface area contributed by atoms with Gasteiger partial charge in [0.25, 0.3) is 0 Å². The Morgan fingerprint density at radius 2 is 2.18 bits per heavy atom. The van der Waals surface area contributed by atoms with Gasteiger partial charge in [-0.1, -0.05) is 6.92 Å². The average Bonchev–Trinajstić information content (AvgIpc) is 2.74. The first-order valence-corrected chi connectivity index (χ1v) is 7.81. The minimum absolute atomic E-state index is 0.147. The van der Waals surface area contributed by atoms with Gasteiger partial charge in [0, 0.05) is 20.5 Å². The molecule has 1 unspecified atom stereocenters. The molecule has 0 amide bonds. The summed E-state index contributed by atoms with van der Waals surface area (Å²) >= 11 is 8.68. The van der Waals surface area contributed by atoms with Crippen molar-refractivity contribution in [2.24, 2.45) is 0 Å². The molecule has 90 valence electrons. The van der Waals surface area contributed by atoms with E-state index in [4.69, 9.17) is 0 Å². The van der Waals surface area contributed by atoms with E-state index in [1.54, 1.807) is 11.3 Å². The van der Waals surface area contributed by atoms with E-state index in [2.05, 4.69) is 59.8 Å². The Bertz CT molecular complexity index is 482. The molecule has 0 aromatic carbocycles. The third kappa shape index (κ3) is 3.16. The van der Waals surface area contributed by atoms with E-state index >= 15 is 0 Å². The molecule has 1 atom stereocenters. The summed E-state index contributed by atoms with van der Waals surface area (Å²) in [6.07, 6.45) is 1.83. The summed E-state index contributed by atoms with van der Waals surface area (Å²) in [5.41, 5.74) is 2.28. The molecule has 0 spiro atoms. The minimum Gasteiger partial charge on any atom is -0.305 e. The van der Waals surface area contributed by atoms with E-state index in [1.165, 1.54) is 5.56 Å².